The quantitative estimate of drug-likeness (QED) is 0.470. The van der Waals surface area contributed by atoms with Crippen LogP contribution in [0, 0.1) is 6.92 Å². The molecule has 3 rings (SSSR count). The maximum atomic E-state index is 12.0. The van der Waals surface area contributed by atoms with Gasteiger partial charge in [0.1, 0.15) is 5.52 Å². The summed E-state index contributed by atoms with van der Waals surface area (Å²) in [6.07, 6.45) is 0. The van der Waals surface area contributed by atoms with Crippen molar-refractivity contribution in [3.63, 3.8) is 0 Å². The van der Waals surface area contributed by atoms with Gasteiger partial charge in [-0.3, -0.25) is 14.6 Å². The van der Waals surface area contributed by atoms with Gasteiger partial charge in [-0.2, -0.15) is 0 Å². The van der Waals surface area contributed by atoms with Gasteiger partial charge in [-0.25, -0.2) is 4.98 Å². The highest BCUT2D eigenvalue weighted by Gasteiger charge is 2.09. The van der Waals surface area contributed by atoms with E-state index < -0.39 is 0 Å². The van der Waals surface area contributed by atoms with Crippen LogP contribution in [0.5, 0.6) is 0 Å². The zero-order valence-corrected chi connectivity index (χ0v) is 14.5. The third kappa shape index (κ3) is 3.83. The standard InChI is InChI=1S/C15H13BrN4O2S/c1-8-6-11-13(17-8)14(22)20-15(19-11)23-7-12(21)18-10-4-2-9(16)3-5-10/h2-6,17H,7H2,1H3,(H,18,21)(H,19,20,22). The predicted octanol–water partition coefficient (Wildman–Crippen LogP) is 3.05. The minimum atomic E-state index is -0.237. The molecule has 0 aliphatic heterocycles. The highest BCUT2D eigenvalue weighted by molar-refractivity contribution is 9.10. The molecule has 3 N–H and O–H groups in total. The number of H-pyrrole nitrogens is 2. The molecule has 2 aromatic heterocycles. The van der Waals surface area contributed by atoms with Crippen molar-refractivity contribution < 1.29 is 4.79 Å². The van der Waals surface area contributed by atoms with Crippen molar-refractivity contribution >= 4 is 50.3 Å². The number of nitrogens with one attached hydrogen (secondary N) is 3. The molecule has 0 fully saturated rings. The Balaban J connectivity index is 1.66. The second-order valence-electron chi connectivity index (χ2n) is 4.93. The molecule has 0 atom stereocenters. The fraction of sp³-hybridized carbons (Fsp3) is 0.133. The highest BCUT2D eigenvalue weighted by Crippen LogP contribution is 2.17. The molecule has 0 unspecified atom stereocenters. The number of carbonyl (C=O) groups excluding carboxylic acids is 1. The molecule has 1 amide bonds. The Morgan fingerprint density at radius 1 is 1.30 bits per heavy atom. The van der Waals surface area contributed by atoms with Crippen LogP contribution in [0.2, 0.25) is 0 Å². The summed E-state index contributed by atoms with van der Waals surface area (Å²) in [5, 5.41) is 3.21. The highest BCUT2D eigenvalue weighted by atomic mass is 79.9. The molecule has 0 saturated heterocycles. The molecule has 0 saturated carbocycles. The summed E-state index contributed by atoms with van der Waals surface area (Å²) < 4.78 is 0.946. The van der Waals surface area contributed by atoms with Crippen LogP contribution in [0.3, 0.4) is 0 Å². The number of hydrogen-bond donors (Lipinski definition) is 3. The maximum Gasteiger partial charge on any atom is 0.275 e. The number of halogens is 1. The lowest BCUT2D eigenvalue weighted by Gasteiger charge is -2.05. The summed E-state index contributed by atoms with van der Waals surface area (Å²) in [4.78, 5) is 33.9. The van der Waals surface area contributed by atoms with Gasteiger partial charge in [-0.05, 0) is 37.3 Å². The fourth-order valence-electron chi connectivity index (χ4n) is 2.07. The molecule has 0 bridgehead atoms. The molecular formula is C15H13BrN4O2S. The lowest BCUT2D eigenvalue weighted by atomic mass is 10.3. The topological polar surface area (TPSA) is 90.6 Å². The van der Waals surface area contributed by atoms with Gasteiger partial charge in [0.2, 0.25) is 5.91 Å². The van der Waals surface area contributed by atoms with Crippen molar-refractivity contribution in [2.24, 2.45) is 0 Å². The van der Waals surface area contributed by atoms with Gasteiger partial charge in [0.25, 0.3) is 5.56 Å². The monoisotopic (exact) mass is 392 g/mol. The molecule has 0 aliphatic carbocycles. The SMILES string of the molecule is Cc1cc2nc(SCC(=O)Nc3ccc(Br)cc3)[nH]c(=O)c2[nH]1. The van der Waals surface area contributed by atoms with Gasteiger partial charge >= 0.3 is 0 Å². The minimum absolute atomic E-state index is 0.161. The van der Waals surface area contributed by atoms with Gasteiger partial charge in [-0.15, -0.1) is 0 Å². The minimum Gasteiger partial charge on any atom is -0.353 e. The number of fused-ring (bicyclic) bond motifs is 1. The number of aryl methyl sites for hydroxylation is 1. The number of aromatic amines is 2. The summed E-state index contributed by atoms with van der Waals surface area (Å²) >= 11 is 4.53. The average molecular weight is 393 g/mol. The third-order valence-corrected chi connectivity index (χ3v) is 4.47. The predicted molar refractivity (Wildman–Crippen MR) is 94.9 cm³/mol. The number of anilines is 1. The van der Waals surface area contributed by atoms with E-state index in [1.807, 2.05) is 19.1 Å². The van der Waals surface area contributed by atoms with Crippen LogP contribution in [-0.2, 0) is 4.79 Å². The Morgan fingerprint density at radius 3 is 2.78 bits per heavy atom. The molecule has 8 heteroatoms. The molecular weight excluding hydrogens is 380 g/mol. The van der Waals surface area contributed by atoms with Crippen LogP contribution >= 0.6 is 27.7 Å². The number of aromatic nitrogens is 3. The third-order valence-electron chi connectivity index (χ3n) is 3.07. The van der Waals surface area contributed by atoms with E-state index in [4.69, 9.17) is 0 Å². The largest absolute Gasteiger partial charge is 0.353 e. The van der Waals surface area contributed by atoms with E-state index in [0.717, 1.165) is 15.9 Å². The van der Waals surface area contributed by atoms with Gasteiger partial charge < -0.3 is 10.3 Å². The summed E-state index contributed by atoms with van der Waals surface area (Å²) in [6.45, 7) is 1.86. The Hall–Kier alpha value is -2.06. The number of benzene rings is 1. The first-order chi connectivity index (χ1) is 11.0. The Kier molecular flexibility index (Phi) is 4.53. The Morgan fingerprint density at radius 2 is 2.04 bits per heavy atom. The Bertz CT molecular complexity index is 917. The molecule has 6 nitrogen and oxygen atoms in total. The molecule has 1 aromatic carbocycles. The number of hydrogen-bond acceptors (Lipinski definition) is 4. The fourth-order valence-corrected chi connectivity index (χ4v) is 3.00. The van der Waals surface area contributed by atoms with Gasteiger partial charge in [-0.1, -0.05) is 27.7 Å². The van der Waals surface area contributed by atoms with Gasteiger partial charge in [0.05, 0.1) is 11.3 Å². The summed E-state index contributed by atoms with van der Waals surface area (Å²) in [5.41, 5.74) is 2.40. The Labute approximate surface area is 144 Å². The van der Waals surface area contributed by atoms with E-state index >= 15 is 0 Å². The maximum absolute atomic E-state index is 12.0. The van der Waals surface area contributed by atoms with Crippen molar-refractivity contribution in [2.45, 2.75) is 12.1 Å². The van der Waals surface area contributed by atoms with Crippen LogP contribution in [0.15, 0.2) is 44.8 Å². The van der Waals surface area contributed by atoms with Crippen LogP contribution in [0.25, 0.3) is 11.0 Å². The zero-order chi connectivity index (χ0) is 16.4. The number of rotatable bonds is 4. The molecule has 2 heterocycles. The first-order valence-corrected chi connectivity index (χ1v) is 8.57. The number of carbonyl (C=O) groups is 1. The van der Waals surface area contributed by atoms with Crippen LogP contribution in [0.1, 0.15) is 5.69 Å². The smallest absolute Gasteiger partial charge is 0.275 e. The normalized spacial score (nSPS) is 10.9. The van der Waals surface area contributed by atoms with Crippen molar-refractivity contribution in [1.82, 2.24) is 15.0 Å². The van der Waals surface area contributed by atoms with Crippen molar-refractivity contribution in [3.8, 4) is 0 Å². The van der Waals surface area contributed by atoms with E-state index in [1.165, 1.54) is 11.8 Å². The van der Waals surface area contributed by atoms with Crippen molar-refractivity contribution in [3.05, 3.63) is 50.9 Å². The summed E-state index contributed by atoms with van der Waals surface area (Å²) in [5.74, 6) is -0.00111. The molecule has 0 aliphatic rings. The van der Waals surface area contributed by atoms with Crippen molar-refractivity contribution in [1.29, 1.82) is 0 Å². The van der Waals surface area contributed by atoms with Crippen LogP contribution in [0.4, 0.5) is 5.69 Å². The van der Waals surface area contributed by atoms with E-state index in [9.17, 15) is 9.59 Å². The van der Waals surface area contributed by atoms with E-state index in [0.29, 0.717) is 16.2 Å². The zero-order valence-electron chi connectivity index (χ0n) is 12.1. The molecule has 3 aromatic rings. The lowest BCUT2D eigenvalue weighted by Crippen LogP contribution is -2.15. The number of amides is 1. The number of nitrogens with zero attached hydrogens (tertiary/aromatic N) is 1. The van der Waals surface area contributed by atoms with E-state index in [-0.39, 0.29) is 17.2 Å². The van der Waals surface area contributed by atoms with E-state index in [2.05, 4.69) is 36.2 Å². The second-order valence-corrected chi connectivity index (χ2v) is 6.81. The summed E-state index contributed by atoms with van der Waals surface area (Å²) in [6, 6.07) is 9.12. The van der Waals surface area contributed by atoms with Crippen LogP contribution < -0.4 is 10.9 Å². The van der Waals surface area contributed by atoms with Crippen LogP contribution in [-0.4, -0.2) is 26.6 Å². The van der Waals surface area contributed by atoms with E-state index in [1.54, 1.807) is 18.2 Å². The summed E-state index contributed by atoms with van der Waals surface area (Å²) in [7, 11) is 0. The first-order valence-electron chi connectivity index (χ1n) is 6.79. The second kappa shape index (κ2) is 6.59. The van der Waals surface area contributed by atoms with Crippen molar-refractivity contribution in [2.75, 3.05) is 11.1 Å². The molecule has 0 spiro atoms. The first kappa shape index (κ1) is 15.8. The molecule has 118 valence electrons. The number of thioether (sulfide) groups is 1. The van der Waals surface area contributed by atoms with Gasteiger partial charge in [0.15, 0.2) is 5.16 Å². The van der Waals surface area contributed by atoms with Gasteiger partial charge in [0, 0.05) is 15.9 Å². The molecule has 23 heavy (non-hydrogen) atoms. The molecule has 0 radical (unpaired) electrons. The average Bonchev–Trinajstić information content (AvgIpc) is 2.89. The lowest BCUT2D eigenvalue weighted by molar-refractivity contribution is -0.113.